The second-order valence-corrected chi connectivity index (χ2v) is 7.25. The molecule has 2 atom stereocenters. The lowest BCUT2D eigenvalue weighted by Crippen LogP contribution is -2.61. The quantitative estimate of drug-likeness (QED) is 0.172. The molecule has 1 aliphatic heterocycles. The summed E-state index contributed by atoms with van der Waals surface area (Å²) in [6.07, 6.45) is 1.72. The molecule has 6 N–H and O–H groups in total. The van der Waals surface area contributed by atoms with Crippen LogP contribution in [0.5, 0.6) is 0 Å². The molecule has 1 saturated heterocycles. The number of aliphatic carboxylic acids is 2. The molecule has 1 fully saturated rings. The molecular formula is C19H30N4O8. The monoisotopic (exact) mass is 442 g/mol. The van der Waals surface area contributed by atoms with E-state index in [9.17, 15) is 28.8 Å². The molecular weight excluding hydrogens is 412 g/mol. The highest BCUT2D eigenvalue weighted by Gasteiger charge is 2.32. The van der Waals surface area contributed by atoms with Crippen molar-refractivity contribution in [1.82, 2.24) is 21.3 Å². The molecule has 0 bridgehead atoms. The van der Waals surface area contributed by atoms with Crippen molar-refractivity contribution in [2.45, 2.75) is 69.9 Å². The number of amides is 4. The van der Waals surface area contributed by atoms with E-state index in [-0.39, 0.29) is 55.9 Å². The first-order valence-electron chi connectivity index (χ1n) is 10.3. The molecule has 0 aromatic rings. The Kier molecular flexibility index (Phi) is 11.6. The number of nitrogens with one attached hydrogen (secondary N) is 4. The van der Waals surface area contributed by atoms with Gasteiger partial charge in [-0.25, -0.2) is 0 Å². The fraction of sp³-hybridized carbons (Fsp3) is 0.684. The van der Waals surface area contributed by atoms with E-state index in [0.29, 0.717) is 38.6 Å². The van der Waals surface area contributed by atoms with E-state index in [1.165, 1.54) is 0 Å². The van der Waals surface area contributed by atoms with Gasteiger partial charge in [-0.15, -0.1) is 0 Å². The van der Waals surface area contributed by atoms with Crippen LogP contribution in [0.1, 0.15) is 57.8 Å². The third kappa shape index (κ3) is 11.6. The number of hydrogen-bond donors (Lipinski definition) is 6. The summed E-state index contributed by atoms with van der Waals surface area (Å²) in [5.41, 5.74) is 0. The topological polar surface area (TPSA) is 191 Å². The molecule has 12 nitrogen and oxygen atoms in total. The molecule has 1 rings (SSSR count). The largest absolute Gasteiger partial charge is 0.481 e. The number of carboxylic acids is 2. The Morgan fingerprint density at radius 1 is 0.677 bits per heavy atom. The average Bonchev–Trinajstić information content (AvgIpc) is 2.70. The fourth-order valence-electron chi connectivity index (χ4n) is 2.94. The smallest absolute Gasteiger partial charge is 0.303 e. The van der Waals surface area contributed by atoms with Gasteiger partial charge in [0.05, 0.1) is 12.8 Å². The van der Waals surface area contributed by atoms with Crippen molar-refractivity contribution < 1.29 is 39.0 Å². The molecule has 0 radical (unpaired) electrons. The number of rotatable bonds is 15. The molecule has 0 aromatic carbocycles. The van der Waals surface area contributed by atoms with Crippen LogP contribution in [-0.2, 0) is 28.8 Å². The number of carbonyl (C=O) groups excluding carboxylic acids is 4. The van der Waals surface area contributed by atoms with Crippen molar-refractivity contribution in [1.29, 1.82) is 0 Å². The maximum Gasteiger partial charge on any atom is 0.303 e. The van der Waals surface area contributed by atoms with Gasteiger partial charge in [0.1, 0.15) is 12.1 Å². The minimum atomic E-state index is -1.05. The highest BCUT2D eigenvalue weighted by Crippen LogP contribution is 2.09. The Hall–Kier alpha value is -3.18. The standard InChI is InChI=1S/C19H30N4O8/c24-14(6-8-16(26)27)20-10-2-1-4-12-18(30)23-13(19(31)22-12)5-3-11-21-15(25)7-9-17(28)29/h12-13H,1-11H2,(H,20,24)(H,21,25)(H,22,31)(H,23,30)(H,26,27)(H,28,29). The predicted molar refractivity (Wildman–Crippen MR) is 107 cm³/mol. The molecule has 174 valence electrons. The number of unbranched alkanes of at least 4 members (excludes halogenated alkanes) is 1. The maximum atomic E-state index is 12.2. The minimum absolute atomic E-state index is 0.0795. The number of piperazine rings is 1. The van der Waals surface area contributed by atoms with Crippen LogP contribution < -0.4 is 21.3 Å². The highest BCUT2D eigenvalue weighted by atomic mass is 16.4. The van der Waals surface area contributed by atoms with E-state index in [1.54, 1.807) is 0 Å². The summed E-state index contributed by atoms with van der Waals surface area (Å²) >= 11 is 0. The first-order chi connectivity index (χ1) is 14.7. The van der Waals surface area contributed by atoms with Gasteiger partial charge in [-0.05, 0) is 32.1 Å². The molecule has 4 amide bonds. The molecule has 0 aromatic heterocycles. The molecule has 1 aliphatic rings. The third-order valence-corrected chi connectivity index (χ3v) is 4.63. The van der Waals surface area contributed by atoms with Crippen molar-refractivity contribution in [2.75, 3.05) is 13.1 Å². The molecule has 31 heavy (non-hydrogen) atoms. The second-order valence-electron chi connectivity index (χ2n) is 7.25. The van der Waals surface area contributed by atoms with Gasteiger partial charge in [0.2, 0.25) is 23.6 Å². The van der Waals surface area contributed by atoms with E-state index in [1.807, 2.05) is 0 Å². The Morgan fingerprint density at radius 2 is 1.10 bits per heavy atom. The summed E-state index contributed by atoms with van der Waals surface area (Å²) in [7, 11) is 0. The van der Waals surface area contributed by atoms with Crippen molar-refractivity contribution in [3.8, 4) is 0 Å². The van der Waals surface area contributed by atoms with Crippen LogP contribution in [-0.4, -0.2) is 71.0 Å². The summed E-state index contributed by atoms with van der Waals surface area (Å²) in [6.45, 7) is 0.640. The zero-order valence-corrected chi connectivity index (χ0v) is 17.3. The zero-order chi connectivity index (χ0) is 23.2. The lowest BCUT2D eigenvalue weighted by atomic mass is 10.0. The van der Waals surface area contributed by atoms with E-state index < -0.39 is 24.0 Å². The van der Waals surface area contributed by atoms with E-state index in [2.05, 4.69) is 21.3 Å². The Labute approximate surface area is 179 Å². The van der Waals surface area contributed by atoms with Gasteiger partial charge in [-0.1, -0.05) is 0 Å². The van der Waals surface area contributed by atoms with Crippen molar-refractivity contribution >= 4 is 35.6 Å². The summed E-state index contributed by atoms with van der Waals surface area (Å²) < 4.78 is 0. The van der Waals surface area contributed by atoms with Crippen LogP contribution in [0.25, 0.3) is 0 Å². The van der Waals surface area contributed by atoms with Gasteiger partial charge >= 0.3 is 11.9 Å². The first-order valence-corrected chi connectivity index (χ1v) is 10.3. The zero-order valence-electron chi connectivity index (χ0n) is 17.3. The number of carboxylic acid groups (broad SMARTS) is 2. The molecule has 2 unspecified atom stereocenters. The second kappa shape index (κ2) is 13.9. The lowest BCUT2D eigenvalue weighted by molar-refractivity contribution is -0.139. The van der Waals surface area contributed by atoms with Gasteiger partial charge in [0.15, 0.2) is 0 Å². The van der Waals surface area contributed by atoms with Gasteiger partial charge < -0.3 is 31.5 Å². The molecule has 0 saturated carbocycles. The number of hydrogen-bond acceptors (Lipinski definition) is 6. The summed E-state index contributed by atoms with van der Waals surface area (Å²) in [6, 6.07) is -1.34. The average molecular weight is 442 g/mol. The molecule has 0 aliphatic carbocycles. The Bertz CT molecular complexity index is 682. The normalized spacial score (nSPS) is 17.9. The maximum absolute atomic E-state index is 12.2. The molecule has 0 spiro atoms. The van der Waals surface area contributed by atoms with Gasteiger partial charge in [-0.2, -0.15) is 0 Å². The minimum Gasteiger partial charge on any atom is -0.481 e. The third-order valence-electron chi connectivity index (χ3n) is 4.63. The molecule has 1 heterocycles. The van der Waals surface area contributed by atoms with E-state index in [4.69, 9.17) is 10.2 Å². The SMILES string of the molecule is O=C(O)CCC(=O)NCCCCC1NC(=O)C(CCCNC(=O)CCC(=O)O)NC1=O. The van der Waals surface area contributed by atoms with Crippen molar-refractivity contribution in [3.63, 3.8) is 0 Å². The van der Waals surface area contributed by atoms with Crippen molar-refractivity contribution in [3.05, 3.63) is 0 Å². The van der Waals surface area contributed by atoms with Crippen LogP contribution in [0, 0.1) is 0 Å². The fourth-order valence-corrected chi connectivity index (χ4v) is 2.94. The van der Waals surface area contributed by atoms with Crippen LogP contribution in [0.15, 0.2) is 0 Å². The summed E-state index contributed by atoms with van der Waals surface area (Å²) in [4.78, 5) is 68.0. The highest BCUT2D eigenvalue weighted by molar-refractivity contribution is 5.96. The summed E-state index contributed by atoms with van der Waals surface area (Å²) in [5, 5.41) is 27.5. The van der Waals surface area contributed by atoms with E-state index >= 15 is 0 Å². The van der Waals surface area contributed by atoms with Gasteiger partial charge in [-0.3, -0.25) is 28.8 Å². The van der Waals surface area contributed by atoms with Crippen LogP contribution in [0.3, 0.4) is 0 Å². The predicted octanol–water partition coefficient (Wildman–Crippen LogP) is -1.12. The Balaban J connectivity index is 2.17. The lowest BCUT2D eigenvalue weighted by Gasteiger charge is -2.29. The van der Waals surface area contributed by atoms with Gasteiger partial charge in [0, 0.05) is 25.9 Å². The van der Waals surface area contributed by atoms with Crippen LogP contribution in [0.2, 0.25) is 0 Å². The Morgan fingerprint density at radius 3 is 1.55 bits per heavy atom. The van der Waals surface area contributed by atoms with Gasteiger partial charge in [0.25, 0.3) is 0 Å². The number of carbonyl (C=O) groups is 6. The first kappa shape index (κ1) is 25.9. The van der Waals surface area contributed by atoms with Crippen molar-refractivity contribution in [2.24, 2.45) is 0 Å². The van der Waals surface area contributed by atoms with E-state index in [0.717, 1.165) is 0 Å². The van der Waals surface area contributed by atoms with Crippen LogP contribution in [0.4, 0.5) is 0 Å². The summed E-state index contributed by atoms with van der Waals surface area (Å²) in [5.74, 6) is -3.39. The molecule has 12 heteroatoms. The van der Waals surface area contributed by atoms with Crippen LogP contribution >= 0.6 is 0 Å².